The number of ether oxygens (including phenoxy) is 1. The summed E-state index contributed by atoms with van der Waals surface area (Å²) in [7, 11) is 0. The van der Waals surface area contributed by atoms with E-state index < -0.39 is 0 Å². The molecule has 4 heteroatoms. The first-order chi connectivity index (χ1) is 13.1. The molecule has 27 heavy (non-hydrogen) atoms. The van der Waals surface area contributed by atoms with E-state index in [1.807, 2.05) is 18.2 Å². The van der Waals surface area contributed by atoms with Gasteiger partial charge in [0.25, 0.3) is 5.91 Å². The molecule has 1 heterocycles. The molecule has 4 nitrogen and oxygen atoms in total. The van der Waals surface area contributed by atoms with Crippen LogP contribution in [0.15, 0.2) is 54.6 Å². The van der Waals surface area contributed by atoms with Crippen molar-refractivity contribution in [3.05, 3.63) is 65.7 Å². The van der Waals surface area contributed by atoms with E-state index in [0.717, 1.165) is 18.8 Å². The van der Waals surface area contributed by atoms with Crippen molar-refractivity contribution in [2.24, 2.45) is 0 Å². The molecule has 1 atom stereocenters. The maximum absolute atomic E-state index is 12.3. The van der Waals surface area contributed by atoms with Crippen LogP contribution in [-0.2, 0) is 4.79 Å². The van der Waals surface area contributed by atoms with E-state index >= 15 is 0 Å². The van der Waals surface area contributed by atoms with E-state index in [9.17, 15) is 4.79 Å². The van der Waals surface area contributed by atoms with E-state index in [4.69, 9.17) is 4.74 Å². The number of hydrogen-bond acceptors (Lipinski definition) is 3. The molecule has 0 aromatic heterocycles. The zero-order valence-electron chi connectivity index (χ0n) is 16.4. The number of carbonyl (C=O) groups is 1. The molecule has 1 N–H and O–H groups in total. The van der Waals surface area contributed by atoms with Gasteiger partial charge in [-0.25, -0.2) is 0 Å². The van der Waals surface area contributed by atoms with Gasteiger partial charge in [-0.2, -0.15) is 0 Å². The Kier molecular flexibility index (Phi) is 6.88. The fraction of sp³-hybridized carbons (Fsp3) is 0.435. The molecule has 0 aliphatic carbocycles. The Balaban J connectivity index is 1.51. The van der Waals surface area contributed by atoms with E-state index in [-0.39, 0.29) is 18.6 Å². The van der Waals surface area contributed by atoms with Crippen LogP contribution in [0.4, 0.5) is 0 Å². The zero-order valence-corrected chi connectivity index (χ0v) is 16.4. The molecule has 1 amide bonds. The normalized spacial score (nSPS) is 15.7. The van der Waals surface area contributed by atoms with Crippen molar-refractivity contribution in [2.45, 2.75) is 38.6 Å². The summed E-state index contributed by atoms with van der Waals surface area (Å²) in [6, 6.07) is 18.6. The van der Waals surface area contributed by atoms with Gasteiger partial charge >= 0.3 is 0 Å². The van der Waals surface area contributed by atoms with Gasteiger partial charge in [-0.15, -0.1) is 0 Å². The van der Waals surface area contributed by atoms with Crippen molar-refractivity contribution in [1.82, 2.24) is 10.2 Å². The monoisotopic (exact) mass is 366 g/mol. The van der Waals surface area contributed by atoms with Gasteiger partial charge in [0.15, 0.2) is 6.61 Å². The van der Waals surface area contributed by atoms with Crippen LogP contribution in [0.3, 0.4) is 0 Å². The first-order valence-electron chi connectivity index (χ1n) is 9.92. The molecule has 1 aliphatic heterocycles. The SMILES string of the molecule is CC(C)c1ccc(OCC(=O)NC[C@@H](c2ccccc2)N2CCCC2)cc1. The van der Waals surface area contributed by atoms with E-state index in [2.05, 4.69) is 60.5 Å². The van der Waals surface area contributed by atoms with E-state index in [1.165, 1.54) is 24.0 Å². The molecule has 0 unspecified atom stereocenters. The number of nitrogens with one attached hydrogen (secondary N) is 1. The molecule has 144 valence electrons. The van der Waals surface area contributed by atoms with Crippen LogP contribution in [0.1, 0.15) is 49.8 Å². The predicted molar refractivity (Wildman–Crippen MR) is 109 cm³/mol. The lowest BCUT2D eigenvalue weighted by atomic mass is 10.0. The Morgan fingerprint density at radius 1 is 1.00 bits per heavy atom. The average Bonchev–Trinajstić information content (AvgIpc) is 3.22. The highest BCUT2D eigenvalue weighted by atomic mass is 16.5. The lowest BCUT2D eigenvalue weighted by molar-refractivity contribution is -0.123. The second kappa shape index (κ2) is 9.56. The van der Waals surface area contributed by atoms with Gasteiger partial charge in [-0.1, -0.05) is 56.3 Å². The molecule has 0 radical (unpaired) electrons. The molecule has 1 fully saturated rings. The summed E-state index contributed by atoms with van der Waals surface area (Å²) in [5.41, 5.74) is 2.52. The fourth-order valence-electron chi connectivity index (χ4n) is 3.55. The minimum atomic E-state index is -0.0805. The number of nitrogens with zero attached hydrogens (tertiary/aromatic N) is 1. The number of hydrogen-bond donors (Lipinski definition) is 1. The average molecular weight is 367 g/mol. The molecule has 1 aliphatic rings. The number of benzene rings is 2. The summed E-state index contributed by atoms with van der Waals surface area (Å²) in [6.07, 6.45) is 2.46. The third kappa shape index (κ3) is 5.57. The minimum Gasteiger partial charge on any atom is -0.484 e. The Hall–Kier alpha value is -2.33. The molecule has 3 rings (SSSR count). The Labute approximate surface area is 162 Å². The van der Waals surface area contributed by atoms with E-state index in [0.29, 0.717) is 12.5 Å². The van der Waals surface area contributed by atoms with Gasteiger partial charge in [0.05, 0.1) is 6.04 Å². The van der Waals surface area contributed by atoms with Crippen molar-refractivity contribution in [3.63, 3.8) is 0 Å². The smallest absolute Gasteiger partial charge is 0.258 e. The van der Waals surface area contributed by atoms with Crippen molar-refractivity contribution in [3.8, 4) is 5.75 Å². The number of rotatable bonds is 8. The summed E-state index contributed by atoms with van der Waals surface area (Å²) < 4.78 is 5.64. The van der Waals surface area contributed by atoms with Gasteiger partial charge in [-0.3, -0.25) is 9.69 Å². The quantitative estimate of drug-likeness (QED) is 0.763. The standard InChI is InChI=1S/C23H30N2O2/c1-18(2)19-10-12-21(13-11-19)27-17-23(26)24-16-22(25-14-6-7-15-25)20-8-4-3-5-9-20/h3-5,8-13,18,22H,6-7,14-17H2,1-2H3,(H,24,26)/t22-/m0/s1. The van der Waals surface area contributed by atoms with Crippen LogP contribution in [0.2, 0.25) is 0 Å². The highest BCUT2D eigenvalue weighted by Gasteiger charge is 2.23. The topological polar surface area (TPSA) is 41.6 Å². The van der Waals surface area contributed by atoms with Crippen molar-refractivity contribution in [2.75, 3.05) is 26.2 Å². The molecular formula is C23H30N2O2. The van der Waals surface area contributed by atoms with Crippen LogP contribution in [0, 0.1) is 0 Å². The number of likely N-dealkylation sites (tertiary alicyclic amines) is 1. The zero-order chi connectivity index (χ0) is 19.1. The largest absolute Gasteiger partial charge is 0.484 e. The lowest BCUT2D eigenvalue weighted by Gasteiger charge is -2.28. The maximum atomic E-state index is 12.3. The molecule has 1 saturated heterocycles. The predicted octanol–water partition coefficient (Wildman–Crippen LogP) is 4.14. The Bertz CT molecular complexity index is 707. The summed E-state index contributed by atoms with van der Waals surface area (Å²) >= 11 is 0. The summed E-state index contributed by atoms with van der Waals surface area (Å²) in [5, 5.41) is 3.05. The second-order valence-electron chi connectivity index (χ2n) is 7.49. The van der Waals surface area contributed by atoms with Gasteiger partial charge in [0.1, 0.15) is 5.75 Å². The van der Waals surface area contributed by atoms with Crippen LogP contribution >= 0.6 is 0 Å². The number of carbonyl (C=O) groups excluding carboxylic acids is 1. The lowest BCUT2D eigenvalue weighted by Crippen LogP contribution is -2.38. The first-order valence-corrected chi connectivity index (χ1v) is 9.92. The van der Waals surface area contributed by atoms with Crippen molar-refractivity contribution in [1.29, 1.82) is 0 Å². The summed E-state index contributed by atoms with van der Waals surface area (Å²) in [6.45, 7) is 7.16. The minimum absolute atomic E-state index is 0.0442. The van der Waals surface area contributed by atoms with Gasteiger partial charge in [0.2, 0.25) is 0 Å². The van der Waals surface area contributed by atoms with Crippen molar-refractivity contribution < 1.29 is 9.53 Å². The van der Waals surface area contributed by atoms with Crippen LogP contribution in [0.25, 0.3) is 0 Å². The third-order valence-corrected chi connectivity index (χ3v) is 5.18. The van der Waals surface area contributed by atoms with Crippen molar-refractivity contribution >= 4 is 5.91 Å². The maximum Gasteiger partial charge on any atom is 0.258 e. The third-order valence-electron chi connectivity index (χ3n) is 5.18. The molecule has 2 aromatic rings. The Morgan fingerprint density at radius 2 is 1.67 bits per heavy atom. The molecular weight excluding hydrogens is 336 g/mol. The fourth-order valence-corrected chi connectivity index (χ4v) is 3.55. The van der Waals surface area contributed by atoms with Crippen LogP contribution in [0.5, 0.6) is 5.75 Å². The molecule has 0 spiro atoms. The van der Waals surface area contributed by atoms with Gasteiger partial charge in [0, 0.05) is 6.54 Å². The summed E-state index contributed by atoms with van der Waals surface area (Å²) in [5.74, 6) is 1.14. The summed E-state index contributed by atoms with van der Waals surface area (Å²) in [4.78, 5) is 14.7. The number of amides is 1. The Morgan fingerprint density at radius 3 is 2.30 bits per heavy atom. The molecule has 0 saturated carbocycles. The van der Waals surface area contributed by atoms with Gasteiger partial charge in [-0.05, 0) is 55.1 Å². The molecule has 0 bridgehead atoms. The van der Waals surface area contributed by atoms with Crippen LogP contribution < -0.4 is 10.1 Å². The highest BCUT2D eigenvalue weighted by Crippen LogP contribution is 2.24. The highest BCUT2D eigenvalue weighted by molar-refractivity contribution is 5.77. The molecule has 2 aromatic carbocycles. The second-order valence-corrected chi connectivity index (χ2v) is 7.49. The van der Waals surface area contributed by atoms with Gasteiger partial charge < -0.3 is 10.1 Å². The van der Waals surface area contributed by atoms with Crippen LogP contribution in [-0.4, -0.2) is 37.0 Å². The van der Waals surface area contributed by atoms with E-state index in [1.54, 1.807) is 0 Å². The first kappa shape index (κ1) is 19.4.